The smallest absolute Gasteiger partial charge is 0.276 e. The molecule has 0 bridgehead atoms. The molecule has 5 nitrogen and oxygen atoms in total. The number of aromatic amines is 1. The third-order valence-electron chi connectivity index (χ3n) is 2.38. The number of hydrogen-bond acceptors (Lipinski definition) is 3. The number of aromatic nitrogens is 3. The highest BCUT2D eigenvalue weighted by molar-refractivity contribution is 6.42. The summed E-state index contributed by atoms with van der Waals surface area (Å²) in [5, 5.41) is 10.7. The van der Waals surface area contributed by atoms with Crippen molar-refractivity contribution >= 4 is 29.1 Å². The van der Waals surface area contributed by atoms with Gasteiger partial charge in [-0.15, -0.1) is 0 Å². The molecule has 0 spiro atoms. The average Bonchev–Trinajstić information content (AvgIpc) is 2.86. The van der Waals surface area contributed by atoms with E-state index >= 15 is 0 Å². The predicted molar refractivity (Wildman–Crippen MR) is 68.6 cm³/mol. The molecule has 2 aromatic rings. The van der Waals surface area contributed by atoms with Crippen molar-refractivity contribution in [1.82, 2.24) is 20.3 Å². The number of rotatable bonds is 3. The molecular weight excluding hydrogens is 275 g/mol. The van der Waals surface area contributed by atoms with Gasteiger partial charge in [-0.05, 0) is 17.7 Å². The molecule has 1 aromatic carbocycles. The number of H-pyrrole nitrogens is 1. The summed E-state index contributed by atoms with van der Waals surface area (Å²) in [7, 11) is 1.68. The second kappa shape index (κ2) is 5.37. The van der Waals surface area contributed by atoms with Crippen LogP contribution in [0.1, 0.15) is 16.1 Å². The van der Waals surface area contributed by atoms with Gasteiger partial charge in [-0.2, -0.15) is 15.4 Å². The van der Waals surface area contributed by atoms with Crippen LogP contribution >= 0.6 is 23.2 Å². The molecular formula is C11H10Cl2N4O. The number of carbonyl (C=O) groups excluding carboxylic acids is 1. The van der Waals surface area contributed by atoms with Crippen LogP contribution in [0.5, 0.6) is 0 Å². The van der Waals surface area contributed by atoms with Crippen LogP contribution in [-0.4, -0.2) is 33.3 Å². The van der Waals surface area contributed by atoms with Gasteiger partial charge < -0.3 is 4.90 Å². The Kier molecular flexibility index (Phi) is 3.84. The van der Waals surface area contributed by atoms with Crippen molar-refractivity contribution in [2.75, 3.05) is 7.05 Å². The van der Waals surface area contributed by atoms with Crippen LogP contribution in [0.2, 0.25) is 10.0 Å². The summed E-state index contributed by atoms with van der Waals surface area (Å²) in [6.07, 6.45) is 1.38. The summed E-state index contributed by atoms with van der Waals surface area (Å²) >= 11 is 11.7. The van der Waals surface area contributed by atoms with Crippen molar-refractivity contribution in [3.05, 3.63) is 45.7 Å². The van der Waals surface area contributed by atoms with Crippen molar-refractivity contribution in [3.8, 4) is 0 Å². The van der Waals surface area contributed by atoms with Crippen molar-refractivity contribution < 1.29 is 4.79 Å². The first kappa shape index (κ1) is 12.9. The highest BCUT2D eigenvalue weighted by atomic mass is 35.5. The minimum Gasteiger partial charge on any atom is -0.336 e. The lowest BCUT2D eigenvalue weighted by Gasteiger charge is -2.15. The lowest BCUT2D eigenvalue weighted by Crippen LogP contribution is -2.26. The van der Waals surface area contributed by atoms with E-state index in [1.165, 1.54) is 11.1 Å². The maximum atomic E-state index is 11.9. The fourth-order valence-corrected chi connectivity index (χ4v) is 1.80. The summed E-state index contributed by atoms with van der Waals surface area (Å²) in [4.78, 5) is 13.4. The Morgan fingerprint density at radius 3 is 2.78 bits per heavy atom. The van der Waals surface area contributed by atoms with Gasteiger partial charge in [-0.25, -0.2) is 0 Å². The highest BCUT2D eigenvalue weighted by Crippen LogP contribution is 2.23. The van der Waals surface area contributed by atoms with Crippen molar-refractivity contribution in [1.29, 1.82) is 0 Å². The molecule has 7 heteroatoms. The Labute approximate surface area is 114 Å². The SMILES string of the molecule is CN(Cc1ccc(Cl)c(Cl)c1)C(=O)c1cn[nH]n1. The second-order valence-corrected chi connectivity index (χ2v) is 4.58. The molecule has 1 amide bonds. The van der Waals surface area contributed by atoms with Gasteiger partial charge in [-0.3, -0.25) is 4.79 Å². The molecule has 0 atom stereocenters. The van der Waals surface area contributed by atoms with Gasteiger partial charge >= 0.3 is 0 Å². The molecule has 1 aromatic heterocycles. The summed E-state index contributed by atoms with van der Waals surface area (Å²) in [6, 6.07) is 5.25. The number of carbonyl (C=O) groups is 1. The van der Waals surface area contributed by atoms with Gasteiger partial charge in [0, 0.05) is 13.6 Å². The number of nitrogens with one attached hydrogen (secondary N) is 1. The molecule has 0 fully saturated rings. The first-order valence-corrected chi connectivity index (χ1v) is 5.88. The minimum atomic E-state index is -0.213. The molecule has 0 unspecified atom stereocenters. The molecule has 0 radical (unpaired) electrons. The van der Waals surface area contributed by atoms with Crippen LogP contribution < -0.4 is 0 Å². The van der Waals surface area contributed by atoms with E-state index in [2.05, 4.69) is 15.4 Å². The topological polar surface area (TPSA) is 61.9 Å². The third-order valence-corrected chi connectivity index (χ3v) is 3.12. The van der Waals surface area contributed by atoms with E-state index < -0.39 is 0 Å². The van der Waals surface area contributed by atoms with Gasteiger partial charge in [0.25, 0.3) is 5.91 Å². The van der Waals surface area contributed by atoms with Crippen LogP contribution in [0.15, 0.2) is 24.4 Å². The van der Waals surface area contributed by atoms with Crippen LogP contribution in [0.3, 0.4) is 0 Å². The molecule has 0 saturated carbocycles. The van der Waals surface area contributed by atoms with Crippen LogP contribution in [0.25, 0.3) is 0 Å². The number of amides is 1. The van der Waals surface area contributed by atoms with E-state index in [-0.39, 0.29) is 11.6 Å². The Bertz CT molecular complexity index is 556. The molecule has 0 aliphatic heterocycles. The van der Waals surface area contributed by atoms with Crippen molar-refractivity contribution in [2.45, 2.75) is 6.54 Å². The number of halogens is 2. The van der Waals surface area contributed by atoms with Crippen molar-refractivity contribution in [3.63, 3.8) is 0 Å². The Morgan fingerprint density at radius 2 is 2.17 bits per heavy atom. The summed E-state index contributed by atoms with van der Waals surface area (Å²) in [5.74, 6) is -0.213. The van der Waals surface area contributed by atoms with Gasteiger partial charge in [0.05, 0.1) is 16.2 Å². The minimum absolute atomic E-state index is 0.213. The van der Waals surface area contributed by atoms with Gasteiger partial charge in [-0.1, -0.05) is 29.3 Å². The normalized spacial score (nSPS) is 10.4. The maximum Gasteiger partial charge on any atom is 0.276 e. The zero-order valence-electron chi connectivity index (χ0n) is 9.52. The van der Waals surface area contributed by atoms with Gasteiger partial charge in [0.2, 0.25) is 0 Å². The lowest BCUT2D eigenvalue weighted by atomic mass is 10.2. The summed E-state index contributed by atoms with van der Waals surface area (Å²) < 4.78 is 0. The Hall–Kier alpha value is -1.59. The summed E-state index contributed by atoms with van der Waals surface area (Å²) in [6.45, 7) is 0.419. The fourth-order valence-electron chi connectivity index (χ4n) is 1.48. The standard InChI is InChI=1S/C11H10Cl2N4O/c1-17(11(18)10-5-14-16-15-10)6-7-2-3-8(12)9(13)4-7/h2-5H,6H2,1H3,(H,14,15,16). The van der Waals surface area contributed by atoms with Crippen LogP contribution in [0.4, 0.5) is 0 Å². The molecule has 2 rings (SSSR count). The fraction of sp³-hybridized carbons (Fsp3) is 0.182. The molecule has 0 saturated heterocycles. The molecule has 1 heterocycles. The molecule has 0 aliphatic carbocycles. The zero-order valence-corrected chi connectivity index (χ0v) is 11.0. The second-order valence-electron chi connectivity index (χ2n) is 3.76. The zero-order chi connectivity index (χ0) is 13.1. The molecule has 0 aliphatic rings. The first-order valence-electron chi connectivity index (χ1n) is 5.13. The highest BCUT2D eigenvalue weighted by Gasteiger charge is 2.14. The lowest BCUT2D eigenvalue weighted by molar-refractivity contribution is 0.0779. The van der Waals surface area contributed by atoms with E-state index in [1.807, 2.05) is 6.07 Å². The average molecular weight is 285 g/mol. The third kappa shape index (κ3) is 2.80. The van der Waals surface area contributed by atoms with Gasteiger partial charge in [0.1, 0.15) is 0 Å². The van der Waals surface area contributed by atoms with Crippen molar-refractivity contribution in [2.24, 2.45) is 0 Å². The largest absolute Gasteiger partial charge is 0.336 e. The molecule has 1 N–H and O–H groups in total. The van der Waals surface area contributed by atoms with E-state index in [0.717, 1.165) is 5.56 Å². The maximum absolute atomic E-state index is 11.9. The molecule has 18 heavy (non-hydrogen) atoms. The van der Waals surface area contributed by atoms with E-state index in [1.54, 1.807) is 19.2 Å². The predicted octanol–water partition coefficient (Wildman–Crippen LogP) is 2.38. The van der Waals surface area contributed by atoms with Crippen LogP contribution in [0, 0.1) is 0 Å². The first-order chi connectivity index (χ1) is 8.58. The van der Waals surface area contributed by atoms with E-state index in [0.29, 0.717) is 16.6 Å². The number of hydrogen-bond donors (Lipinski definition) is 1. The quantitative estimate of drug-likeness (QED) is 0.941. The van der Waals surface area contributed by atoms with E-state index in [4.69, 9.17) is 23.2 Å². The number of benzene rings is 1. The van der Waals surface area contributed by atoms with Crippen LogP contribution in [-0.2, 0) is 6.54 Å². The summed E-state index contributed by atoms with van der Waals surface area (Å²) in [5.41, 5.74) is 1.17. The van der Waals surface area contributed by atoms with E-state index in [9.17, 15) is 4.79 Å². The molecule has 94 valence electrons. The monoisotopic (exact) mass is 284 g/mol. The van der Waals surface area contributed by atoms with Gasteiger partial charge in [0.15, 0.2) is 5.69 Å². The Balaban J connectivity index is 2.09. The number of nitrogens with zero attached hydrogens (tertiary/aromatic N) is 3. The Morgan fingerprint density at radius 1 is 1.39 bits per heavy atom.